The Hall–Kier alpha value is -3.62. The van der Waals surface area contributed by atoms with Crippen molar-refractivity contribution in [1.82, 2.24) is 5.32 Å². The molecule has 0 aliphatic rings. The van der Waals surface area contributed by atoms with Crippen molar-refractivity contribution >= 4 is 23.6 Å². The molecule has 30 heavy (non-hydrogen) atoms. The van der Waals surface area contributed by atoms with Gasteiger partial charge in [-0.2, -0.15) is 8.78 Å². The number of nitrogens with one attached hydrogen (secondary N) is 2. The van der Waals surface area contributed by atoms with Crippen LogP contribution in [0.2, 0.25) is 0 Å². The molecule has 0 unspecified atom stereocenters. The number of amides is 2. The molecule has 0 radical (unpaired) electrons. The molecule has 7 nitrogen and oxygen atoms in total. The van der Waals surface area contributed by atoms with Gasteiger partial charge in [0.25, 0.3) is 5.91 Å². The Kier molecular flexibility index (Phi) is 8.61. The molecule has 2 N–H and O–H groups in total. The molecule has 2 aromatic carbocycles. The Balaban J connectivity index is 1.99. The summed E-state index contributed by atoms with van der Waals surface area (Å²) in [7, 11) is 1.33. The number of rotatable bonds is 10. The number of hydrogen-bond donors (Lipinski definition) is 2. The molecule has 2 rings (SSSR count). The van der Waals surface area contributed by atoms with E-state index in [2.05, 4.69) is 15.4 Å². The summed E-state index contributed by atoms with van der Waals surface area (Å²) in [5.74, 6) is -0.266. The summed E-state index contributed by atoms with van der Waals surface area (Å²) in [4.78, 5) is 23.5. The minimum Gasteiger partial charge on any atom is -0.493 e. The lowest BCUT2D eigenvalue weighted by Gasteiger charge is -2.12. The van der Waals surface area contributed by atoms with Gasteiger partial charge < -0.3 is 24.8 Å². The highest BCUT2D eigenvalue weighted by Gasteiger charge is 2.14. The highest BCUT2D eigenvalue weighted by Crippen LogP contribution is 2.33. The Bertz CT molecular complexity index is 885. The molecular weight excluding hydrogens is 398 g/mol. The van der Waals surface area contributed by atoms with Crippen LogP contribution in [0.3, 0.4) is 0 Å². The zero-order valence-electron chi connectivity index (χ0n) is 16.5. The Morgan fingerprint density at radius 1 is 1.13 bits per heavy atom. The molecule has 0 fully saturated rings. The van der Waals surface area contributed by atoms with Gasteiger partial charge in [0.1, 0.15) is 5.75 Å². The van der Waals surface area contributed by atoms with Gasteiger partial charge in [0, 0.05) is 23.9 Å². The van der Waals surface area contributed by atoms with Crippen LogP contribution in [0.5, 0.6) is 17.2 Å². The predicted octanol–water partition coefficient (Wildman–Crippen LogP) is 3.46. The molecule has 0 heterocycles. The second-order valence-electron chi connectivity index (χ2n) is 5.85. The number of halogens is 2. The number of carbonyl (C=O) groups excluding carboxylic acids is 2. The molecular formula is C21H22F2N2O5. The first kappa shape index (κ1) is 22.7. The number of alkyl halides is 2. The van der Waals surface area contributed by atoms with Gasteiger partial charge in [-0.15, -0.1) is 0 Å². The third kappa shape index (κ3) is 7.08. The summed E-state index contributed by atoms with van der Waals surface area (Å²) >= 11 is 0. The third-order valence-corrected chi connectivity index (χ3v) is 3.72. The first-order chi connectivity index (χ1) is 14.4. The van der Waals surface area contributed by atoms with Crippen LogP contribution >= 0.6 is 0 Å². The zero-order chi connectivity index (χ0) is 21.9. The van der Waals surface area contributed by atoms with E-state index in [0.29, 0.717) is 18.0 Å². The largest absolute Gasteiger partial charge is 0.493 e. The average Bonchev–Trinajstić information content (AvgIpc) is 2.72. The van der Waals surface area contributed by atoms with Gasteiger partial charge in [-0.05, 0) is 43.3 Å². The number of carbonyl (C=O) groups is 2. The molecule has 0 aliphatic heterocycles. The van der Waals surface area contributed by atoms with Crippen molar-refractivity contribution < 1.29 is 32.6 Å². The van der Waals surface area contributed by atoms with E-state index in [4.69, 9.17) is 9.47 Å². The van der Waals surface area contributed by atoms with Crippen molar-refractivity contribution in [3.8, 4) is 17.2 Å². The van der Waals surface area contributed by atoms with Crippen molar-refractivity contribution in [3.63, 3.8) is 0 Å². The molecule has 2 amide bonds. The van der Waals surface area contributed by atoms with E-state index in [1.165, 1.54) is 31.4 Å². The summed E-state index contributed by atoms with van der Waals surface area (Å²) in [6.45, 7) is -0.806. The summed E-state index contributed by atoms with van der Waals surface area (Å²) in [5, 5.41) is 5.25. The number of hydrogen-bond acceptors (Lipinski definition) is 5. The van der Waals surface area contributed by atoms with Crippen molar-refractivity contribution in [2.45, 2.75) is 13.5 Å². The number of para-hydroxylation sites is 1. The normalized spacial score (nSPS) is 10.7. The van der Waals surface area contributed by atoms with Gasteiger partial charge in [0.2, 0.25) is 5.91 Å². The first-order valence-corrected chi connectivity index (χ1v) is 9.03. The highest BCUT2D eigenvalue weighted by molar-refractivity contribution is 6.02. The Labute approximate surface area is 172 Å². The van der Waals surface area contributed by atoms with Crippen molar-refractivity contribution in [3.05, 3.63) is 54.1 Å². The van der Waals surface area contributed by atoms with Gasteiger partial charge in [-0.3, -0.25) is 9.59 Å². The van der Waals surface area contributed by atoms with Crippen LogP contribution in [0.15, 0.2) is 48.5 Å². The van der Waals surface area contributed by atoms with Crippen LogP contribution < -0.4 is 24.8 Å². The number of likely N-dealkylation sites (N-methyl/N-ethyl adjacent to an activating group) is 1. The molecule has 9 heteroatoms. The molecule has 0 atom stereocenters. The van der Waals surface area contributed by atoms with Crippen molar-refractivity contribution in [2.75, 3.05) is 25.6 Å². The second kappa shape index (κ2) is 11.4. The van der Waals surface area contributed by atoms with Gasteiger partial charge in [-0.25, -0.2) is 0 Å². The zero-order valence-corrected chi connectivity index (χ0v) is 16.5. The van der Waals surface area contributed by atoms with Gasteiger partial charge in [0.05, 0.1) is 7.11 Å². The van der Waals surface area contributed by atoms with Crippen molar-refractivity contribution in [2.24, 2.45) is 0 Å². The summed E-state index contributed by atoms with van der Waals surface area (Å²) in [6.07, 6.45) is 2.53. The number of anilines is 1. The summed E-state index contributed by atoms with van der Waals surface area (Å²) in [5.41, 5.74) is 0.753. The summed E-state index contributed by atoms with van der Waals surface area (Å²) < 4.78 is 40.2. The average molecular weight is 420 g/mol. The van der Waals surface area contributed by atoms with Crippen molar-refractivity contribution in [1.29, 1.82) is 0 Å². The topological polar surface area (TPSA) is 85.9 Å². The lowest BCUT2D eigenvalue weighted by molar-refractivity contribution is -0.123. The van der Waals surface area contributed by atoms with E-state index < -0.39 is 12.5 Å². The number of methoxy groups -OCH3 is 1. The fourth-order valence-corrected chi connectivity index (χ4v) is 2.42. The fourth-order valence-electron chi connectivity index (χ4n) is 2.42. The SMILES string of the molecule is CCNC(=O)COc1ccc(NC(=O)/C=C/c2cccc(OC)c2OC(F)F)cc1. The minimum absolute atomic E-state index is 0.105. The summed E-state index contributed by atoms with van der Waals surface area (Å²) in [6, 6.07) is 11.0. The smallest absolute Gasteiger partial charge is 0.387 e. The van der Waals surface area contributed by atoms with E-state index in [1.807, 2.05) is 6.92 Å². The predicted molar refractivity (Wildman–Crippen MR) is 108 cm³/mol. The molecule has 0 aliphatic carbocycles. The number of benzene rings is 2. The quantitative estimate of drug-likeness (QED) is 0.575. The second-order valence-corrected chi connectivity index (χ2v) is 5.85. The minimum atomic E-state index is -3.03. The highest BCUT2D eigenvalue weighted by atomic mass is 19.3. The van der Waals surface area contributed by atoms with Gasteiger partial charge >= 0.3 is 6.61 Å². The molecule has 0 aromatic heterocycles. The molecule has 0 saturated heterocycles. The number of ether oxygens (including phenoxy) is 3. The lowest BCUT2D eigenvalue weighted by Crippen LogP contribution is -2.28. The first-order valence-electron chi connectivity index (χ1n) is 9.03. The van der Waals surface area contributed by atoms with Crippen LogP contribution in [0.25, 0.3) is 6.08 Å². The molecule has 0 bridgehead atoms. The Morgan fingerprint density at radius 3 is 2.50 bits per heavy atom. The van der Waals surface area contributed by atoms with E-state index >= 15 is 0 Å². The molecule has 160 valence electrons. The van der Waals surface area contributed by atoms with E-state index in [0.717, 1.165) is 0 Å². The standard InChI is InChI=1S/C21H22F2N2O5/c1-3-24-19(27)13-29-16-10-8-15(9-11-16)25-18(26)12-7-14-5-4-6-17(28-2)20(14)30-21(22)23/h4-12,21H,3,13H2,1-2H3,(H,24,27)(H,25,26)/b12-7+. The van der Waals surface area contributed by atoms with Gasteiger partial charge in [0.15, 0.2) is 18.1 Å². The van der Waals surface area contributed by atoms with Crippen LogP contribution in [0.4, 0.5) is 14.5 Å². The molecule has 2 aromatic rings. The maximum absolute atomic E-state index is 12.7. The van der Waals surface area contributed by atoms with Crippen LogP contribution in [0.1, 0.15) is 12.5 Å². The maximum Gasteiger partial charge on any atom is 0.387 e. The van der Waals surface area contributed by atoms with Gasteiger partial charge in [-0.1, -0.05) is 12.1 Å². The van der Waals surface area contributed by atoms with E-state index in [1.54, 1.807) is 30.3 Å². The molecule has 0 saturated carbocycles. The van der Waals surface area contributed by atoms with E-state index in [9.17, 15) is 18.4 Å². The van der Waals surface area contributed by atoms with E-state index in [-0.39, 0.29) is 29.6 Å². The molecule has 0 spiro atoms. The van der Waals surface area contributed by atoms with Crippen LogP contribution in [0, 0.1) is 0 Å². The Morgan fingerprint density at radius 2 is 1.87 bits per heavy atom. The lowest BCUT2D eigenvalue weighted by atomic mass is 10.1. The maximum atomic E-state index is 12.7. The van der Waals surface area contributed by atoms with Crippen LogP contribution in [-0.4, -0.2) is 38.7 Å². The monoisotopic (exact) mass is 420 g/mol. The fraction of sp³-hybridized carbons (Fsp3) is 0.238. The third-order valence-electron chi connectivity index (χ3n) is 3.72. The van der Waals surface area contributed by atoms with Crippen LogP contribution in [-0.2, 0) is 9.59 Å².